The number of quaternary nitrogens is 1. The van der Waals surface area contributed by atoms with Crippen LogP contribution in [-0.2, 0) is 0 Å². The normalized spacial score (nSPS) is 12.6. The molecule has 0 aliphatic heterocycles. The van der Waals surface area contributed by atoms with Crippen molar-refractivity contribution in [1.82, 2.24) is 0 Å². The van der Waals surface area contributed by atoms with Crippen LogP contribution in [0.2, 0.25) is 0 Å². The summed E-state index contributed by atoms with van der Waals surface area (Å²) in [6.07, 6.45) is 71.6. The van der Waals surface area contributed by atoms with Gasteiger partial charge in [0.1, 0.15) is 0 Å². The zero-order valence-electron chi connectivity index (χ0n) is 41.5. The minimum absolute atomic E-state index is 0.0258. The Bertz CT molecular complexity index is 631. The van der Waals surface area contributed by atoms with Crippen LogP contribution in [0.3, 0.4) is 0 Å². The van der Waals surface area contributed by atoms with E-state index in [1.165, 1.54) is 308 Å². The molecule has 0 radical (unpaired) electrons. The van der Waals surface area contributed by atoms with E-state index in [0.717, 1.165) is 19.3 Å². The van der Waals surface area contributed by atoms with E-state index in [4.69, 9.17) is 0 Å². The number of unbranched alkanes of at least 4 members (excludes halogenated alkanes) is 45. The van der Waals surface area contributed by atoms with Crippen LogP contribution in [0, 0.1) is 5.21 Å². The molecule has 0 heterocycles. The van der Waals surface area contributed by atoms with Gasteiger partial charge in [0.2, 0.25) is 0 Å². The maximum atomic E-state index is 13.4. The molecule has 0 aliphatic rings. The van der Waals surface area contributed by atoms with E-state index in [1.54, 1.807) is 0 Å². The van der Waals surface area contributed by atoms with E-state index >= 15 is 0 Å². The van der Waals surface area contributed by atoms with Crippen molar-refractivity contribution in [2.24, 2.45) is 0 Å². The fourth-order valence-electron chi connectivity index (χ4n) is 9.94. The van der Waals surface area contributed by atoms with Gasteiger partial charge in [-0.3, -0.25) is 0 Å². The smallest absolute Gasteiger partial charge is 0.0971 e. The van der Waals surface area contributed by atoms with Gasteiger partial charge < -0.3 is 10.3 Å². The molecule has 58 heavy (non-hydrogen) atoms. The molecule has 0 saturated heterocycles. The van der Waals surface area contributed by atoms with Crippen LogP contribution in [0.5, 0.6) is 0 Å². The summed E-state index contributed by atoms with van der Waals surface area (Å²) in [7, 11) is 1.96. The molecular weight excluding hydrogens is 703 g/mol. The minimum Gasteiger partial charge on any atom is -0.634 e. The molecule has 0 spiro atoms. The average molecular weight is 819 g/mol. The highest BCUT2D eigenvalue weighted by molar-refractivity contribution is 4.80. The molecule has 2 nitrogen and oxygen atoms in total. The summed E-state index contributed by atoms with van der Waals surface area (Å²) in [5, 5.41) is 14.0. The van der Waals surface area contributed by atoms with Crippen molar-refractivity contribution in [3.05, 3.63) is 5.21 Å². The molecule has 0 aromatic heterocycles. The van der Waals surface area contributed by atoms with Crippen LogP contribution >= 0.6 is 0 Å². The zero-order valence-corrected chi connectivity index (χ0v) is 41.5. The molecule has 1 unspecified atom stereocenters. The van der Waals surface area contributed by atoms with Gasteiger partial charge in [-0.2, -0.15) is 0 Å². The number of hydrogen-bond acceptors (Lipinski definition) is 1. The lowest BCUT2D eigenvalue weighted by molar-refractivity contribution is -0.888. The first-order chi connectivity index (χ1) is 28.6. The van der Waals surface area contributed by atoms with E-state index < -0.39 is 0 Å². The van der Waals surface area contributed by atoms with E-state index in [-0.39, 0.29) is 5.54 Å². The Morgan fingerprint density at radius 1 is 0.224 bits per heavy atom. The van der Waals surface area contributed by atoms with Gasteiger partial charge in [-0.25, -0.2) is 0 Å². The summed E-state index contributed by atoms with van der Waals surface area (Å²) in [4.78, 5) is 0. The van der Waals surface area contributed by atoms with E-state index in [2.05, 4.69) is 20.8 Å². The van der Waals surface area contributed by atoms with Gasteiger partial charge >= 0.3 is 0 Å². The van der Waals surface area contributed by atoms with Crippen molar-refractivity contribution in [3.63, 3.8) is 0 Å². The van der Waals surface area contributed by atoms with Gasteiger partial charge in [0.05, 0.1) is 12.6 Å². The summed E-state index contributed by atoms with van der Waals surface area (Å²) in [6, 6.07) is 0. The minimum atomic E-state index is -0.0258. The van der Waals surface area contributed by atoms with Crippen LogP contribution < -0.4 is 5.06 Å². The van der Waals surface area contributed by atoms with Crippen LogP contribution in [0.1, 0.15) is 348 Å². The average Bonchev–Trinajstić information content (AvgIpc) is 3.22. The third-order valence-corrected chi connectivity index (χ3v) is 14.3. The molecule has 2 heteroatoms. The molecule has 0 aliphatic carbocycles. The predicted molar refractivity (Wildman–Crippen MR) is 265 cm³/mol. The SMILES string of the molecule is CCCCCCCCCCCCCCCCCCC(CCCCCCCCCCCCCCCCCC)(CCCCCCCCCCCCCCCCCC)[NH+](C)[O-]. The molecular formula is C56H115NO. The Hall–Kier alpha value is -0.0800. The second-order valence-corrected chi connectivity index (χ2v) is 20.0. The Balaban J connectivity index is 4.32. The highest BCUT2D eigenvalue weighted by Crippen LogP contribution is 2.27. The Labute approximate surface area is 369 Å². The summed E-state index contributed by atoms with van der Waals surface area (Å²) in [6.45, 7) is 6.93. The lowest BCUT2D eigenvalue weighted by Crippen LogP contribution is -3.13. The van der Waals surface area contributed by atoms with Crippen LogP contribution in [0.15, 0.2) is 0 Å². The Morgan fingerprint density at radius 3 is 0.466 bits per heavy atom. The Morgan fingerprint density at radius 2 is 0.345 bits per heavy atom. The summed E-state index contributed by atoms with van der Waals surface area (Å²) >= 11 is 0. The van der Waals surface area contributed by atoms with Crippen molar-refractivity contribution < 1.29 is 5.06 Å². The third-order valence-electron chi connectivity index (χ3n) is 14.3. The maximum Gasteiger partial charge on any atom is 0.0971 e. The van der Waals surface area contributed by atoms with Crippen molar-refractivity contribution in [3.8, 4) is 0 Å². The van der Waals surface area contributed by atoms with Crippen LogP contribution in [0.4, 0.5) is 0 Å². The fraction of sp³-hybridized carbons (Fsp3) is 1.00. The number of hydrogen-bond donors (Lipinski definition) is 1. The molecule has 0 amide bonds. The molecule has 0 aromatic carbocycles. The molecule has 0 fully saturated rings. The van der Waals surface area contributed by atoms with Crippen LogP contribution in [-0.4, -0.2) is 12.6 Å². The second kappa shape index (κ2) is 49.6. The van der Waals surface area contributed by atoms with Gasteiger partial charge in [0.15, 0.2) is 0 Å². The molecule has 0 rings (SSSR count). The van der Waals surface area contributed by atoms with E-state index in [0.29, 0.717) is 5.06 Å². The van der Waals surface area contributed by atoms with Crippen molar-refractivity contribution in [2.45, 2.75) is 354 Å². The van der Waals surface area contributed by atoms with Gasteiger partial charge in [-0.15, -0.1) is 0 Å². The first kappa shape index (κ1) is 57.9. The number of hydroxylamine groups is 2. The maximum absolute atomic E-state index is 13.4. The van der Waals surface area contributed by atoms with Crippen LogP contribution in [0.25, 0.3) is 0 Å². The van der Waals surface area contributed by atoms with Gasteiger partial charge in [0.25, 0.3) is 0 Å². The van der Waals surface area contributed by atoms with Gasteiger partial charge in [-0.05, 0) is 19.3 Å². The first-order valence-electron chi connectivity index (χ1n) is 28.1. The summed E-state index contributed by atoms with van der Waals surface area (Å²) in [5.74, 6) is 0. The molecule has 350 valence electrons. The standard InChI is InChI=1S/C56H115NO/c1-5-8-11-14-17-20-23-26-29-32-35-38-41-44-47-50-53-56(57(4)58,54-51-48-45-42-39-36-33-30-27-24-21-18-15-12-9-6-2)55-52-49-46-43-40-37-34-31-28-25-22-19-16-13-10-7-3/h57H,5-55H2,1-4H3. The first-order valence-corrected chi connectivity index (χ1v) is 28.1. The quantitative estimate of drug-likeness (QED) is 0.0480. The summed E-state index contributed by atoms with van der Waals surface area (Å²) in [5.41, 5.74) is -0.0258. The van der Waals surface area contributed by atoms with E-state index in [1.807, 2.05) is 7.05 Å². The highest BCUT2D eigenvalue weighted by Gasteiger charge is 2.33. The number of rotatable bonds is 52. The fourth-order valence-corrected chi connectivity index (χ4v) is 9.94. The second-order valence-electron chi connectivity index (χ2n) is 20.0. The van der Waals surface area contributed by atoms with Gasteiger partial charge in [-0.1, -0.05) is 310 Å². The zero-order chi connectivity index (χ0) is 42.1. The highest BCUT2D eigenvalue weighted by atomic mass is 16.5. The summed E-state index contributed by atoms with van der Waals surface area (Å²) < 4.78 is 0. The lowest BCUT2D eigenvalue weighted by Gasteiger charge is -2.42. The van der Waals surface area contributed by atoms with Gasteiger partial charge in [0, 0.05) is 19.3 Å². The molecule has 1 atom stereocenters. The molecule has 1 N–H and O–H groups in total. The Kier molecular flexibility index (Phi) is 49.5. The third kappa shape index (κ3) is 42.6. The molecule has 0 bridgehead atoms. The largest absolute Gasteiger partial charge is 0.634 e. The molecule has 0 saturated carbocycles. The van der Waals surface area contributed by atoms with Crippen molar-refractivity contribution in [2.75, 3.05) is 7.05 Å². The molecule has 0 aromatic rings. The lowest BCUT2D eigenvalue weighted by atomic mass is 9.81. The number of nitrogens with one attached hydrogen (secondary N) is 1. The monoisotopic (exact) mass is 818 g/mol. The predicted octanol–water partition coefficient (Wildman–Crippen LogP) is 19.7. The van der Waals surface area contributed by atoms with E-state index in [9.17, 15) is 5.21 Å². The topological polar surface area (TPSA) is 27.5 Å². The van der Waals surface area contributed by atoms with Crippen molar-refractivity contribution in [1.29, 1.82) is 0 Å². The van der Waals surface area contributed by atoms with Crippen molar-refractivity contribution >= 4 is 0 Å².